The van der Waals surface area contributed by atoms with Gasteiger partial charge in [0.1, 0.15) is 24.3 Å². The summed E-state index contributed by atoms with van der Waals surface area (Å²) >= 11 is 0. The average molecular weight is 796 g/mol. The van der Waals surface area contributed by atoms with E-state index >= 15 is 0 Å². The number of unbranched alkanes of at least 4 members (excludes halogenated alkanes) is 8. The lowest BCUT2D eigenvalue weighted by Gasteiger charge is -2.15. The molecule has 1 amide bonds. The summed E-state index contributed by atoms with van der Waals surface area (Å²) in [4.78, 5) is 38.6. The molecule has 4 aromatic carbocycles. The van der Waals surface area contributed by atoms with Crippen molar-refractivity contribution >= 4 is 23.5 Å². The first-order valence-electron chi connectivity index (χ1n) is 19.7. The maximum absolute atomic E-state index is 13.0. The molecule has 12 nitrogen and oxygen atoms in total. The fourth-order valence-corrected chi connectivity index (χ4v) is 5.76. The maximum atomic E-state index is 13.0. The van der Waals surface area contributed by atoms with Crippen LogP contribution in [0, 0.1) is 0 Å². The molecule has 0 aliphatic rings. The van der Waals surface area contributed by atoms with E-state index in [1.807, 2.05) is 0 Å². The van der Waals surface area contributed by atoms with E-state index in [1.54, 1.807) is 24.3 Å². The number of amides is 1. The van der Waals surface area contributed by atoms with Crippen molar-refractivity contribution in [1.82, 2.24) is 0 Å². The van der Waals surface area contributed by atoms with Crippen LogP contribution in [0.3, 0.4) is 0 Å². The Morgan fingerprint density at radius 1 is 0.569 bits per heavy atom. The Morgan fingerprint density at radius 2 is 1.10 bits per heavy atom. The third-order valence-electron chi connectivity index (χ3n) is 8.90. The molecule has 0 heterocycles. The van der Waals surface area contributed by atoms with E-state index in [2.05, 4.69) is 36.5 Å². The molecule has 0 spiro atoms. The van der Waals surface area contributed by atoms with Crippen molar-refractivity contribution in [2.45, 2.75) is 84.0 Å². The minimum atomic E-state index is -0.957. The summed E-state index contributed by atoms with van der Waals surface area (Å²) in [6, 6.07) is 18.6. The fraction of sp³-hybridized carbons (Fsp3) is 0.326. The number of ether oxygens (including phenoxy) is 4. The van der Waals surface area contributed by atoms with Gasteiger partial charge in [0.15, 0.2) is 46.0 Å². The smallest absolute Gasteiger partial charge is 0.347 e. The number of phenolic OH excluding ortho intramolecular Hbond substituents is 4. The third-order valence-corrected chi connectivity index (χ3v) is 8.90. The standard InChI is InChI=1S/C46H53NO11/c1-2-3-4-5-6-7-8-9-10-11-12-13-14-15-16-27-42(50)47-33-28-29-40(58-46(54)35-22-20-24-37(49)44(35)52)41(32-33)56-31-30-55-38-25-17-18-26-39(38)57-45(53)34-21-19-23-36(48)43(34)51/h6-7,9-10,17-26,28-29,32,48-49,51-52H,2-5,8,11-16,27,30-31H2,1H3,(H,47,50). The van der Waals surface area contributed by atoms with E-state index in [0.717, 1.165) is 51.4 Å². The van der Waals surface area contributed by atoms with Crippen LogP contribution in [0.5, 0.6) is 46.0 Å². The highest BCUT2D eigenvalue weighted by Gasteiger charge is 2.20. The second kappa shape index (κ2) is 24.3. The second-order valence-electron chi connectivity index (χ2n) is 13.5. The Balaban J connectivity index is 1.29. The summed E-state index contributed by atoms with van der Waals surface area (Å²) < 4.78 is 22.7. The van der Waals surface area contributed by atoms with Gasteiger partial charge in [0.05, 0.1) is 0 Å². The van der Waals surface area contributed by atoms with Crippen LogP contribution in [-0.4, -0.2) is 51.5 Å². The molecular weight excluding hydrogens is 743 g/mol. The van der Waals surface area contributed by atoms with E-state index in [1.165, 1.54) is 73.9 Å². The summed E-state index contributed by atoms with van der Waals surface area (Å²) in [6.07, 6.45) is 21.2. The molecule has 0 saturated carbocycles. The van der Waals surface area contributed by atoms with Gasteiger partial charge in [0.2, 0.25) is 5.91 Å². The summed E-state index contributed by atoms with van der Waals surface area (Å²) in [6.45, 7) is 2.04. The van der Waals surface area contributed by atoms with Crippen molar-refractivity contribution in [2.75, 3.05) is 18.5 Å². The number of para-hydroxylation sites is 4. The number of anilines is 1. The van der Waals surface area contributed by atoms with Crippen LogP contribution in [0.15, 0.2) is 103 Å². The number of carbonyl (C=O) groups excluding carboxylic acids is 3. The molecule has 0 aromatic heterocycles. The maximum Gasteiger partial charge on any atom is 0.347 e. The number of hydrogen-bond donors (Lipinski definition) is 5. The zero-order valence-electron chi connectivity index (χ0n) is 32.9. The predicted octanol–water partition coefficient (Wildman–Crippen LogP) is 10.2. The van der Waals surface area contributed by atoms with Gasteiger partial charge < -0.3 is 44.7 Å². The van der Waals surface area contributed by atoms with Crippen LogP contribution in [-0.2, 0) is 4.79 Å². The minimum Gasteiger partial charge on any atom is -0.504 e. The molecule has 4 aromatic rings. The van der Waals surface area contributed by atoms with Crippen molar-refractivity contribution < 1.29 is 53.8 Å². The molecule has 0 bridgehead atoms. The first-order chi connectivity index (χ1) is 28.2. The largest absolute Gasteiger partial charge is 0.504 e. The molecule has 0 fully saturated rings. The topological polar surface area (TPSA) is 181 Å². The van der Waals surface area contributed by atoms with Gasteiger partial charge in [-0.15, -0.1) is 0 Å². The predicted molar refractivity (Wildman–Crippen MR) is 221 cm³/mol. The Bertz CT molecular complexity index is 2010. The molecule has 0 aliphatic heterocycles. The summed E-state index contributed by atoms with van der Waals surface area (Å²) in [5, 5.41) is 42.8. The number of allylic oxidation sites excluding steroid dienone is 4. The average Bonchev–Trinajstić information content (AvgIpc) is 3.21. The van der Waals surface area contributed by atoms with Gasteiger partial charge in [0.25, 0.3) is 0 Å². The van der Waals surface area contributed by atoms with Gasteiger partial charge in [-0.25, -0.2) is 9.59 Å². The van der Waals surface area contributed by atoms with Gasteiger partial charge >= 0.3 is 11.9 Å². The van der Waals surface area contributed by atoms with Crippen LogP contribution in [0.2, 0.25) is 0 Å². The minimum absolute atomic E-state index is 0.0280. The van der Waals surface area contributed by atoms with E-state index < -0.39 is 34.9 Å². The van der Waals surface area contributed by atoms with Crippen LogP contribution in [0.1, 0.15) is 105 Å². The van der Waals surface area contributed by atoms with Crippen LogP contribution in [0.25, 0.3) is 0 Å². The van der Waals surface area contributed by atoms with Gasteiger partial charge in [-0.05, 0) is 87.1 Å². The van der Waals surface area contributed by atoms with Crippen molar-refractivity contribution in [3.8, 4) is 46.0 Å². The van der Waals surface area contributed by atoms with Crippen LogP contribution >= 0.6 is 0 Å². The number of hydrogen-bond acceptors (Lipinski definition) is 11. The molecule has 5 N–H and O–H groups in total. The number of benzene rings is 4. The normalized spacial score (nSPS) is 11.1. The Morgan fingerprint density at radius 3 is 1.72 bits per heavy atom. The fourth-order valence-electron chi connectivity index (χ4n) is 5.76. The molecule has 0 aliphatic carbocycles. The Hall–Kier alpha value is -6.43. The first-order valence-corrected chi connectivity index (χ1v) is 19.7. The summed E-state index contributed by atoms with van der Waals surface area (Å²) in [5.41, 5.74) is -0.109. The lowest BCUT2D eigenvalue weighted by molar-refractivity contribution is -0.116. The molecule has 4 rings (SSSR count). The van der Waals surface area contributed by atoms with Gasteiger partial charge in [-0.3, -0.25) is 4.79 Å². The highest BCUT2D eigenvalue weighted by atomic mass is 16.6. The highest BCUT2D eigenvalue weighted by Crippen LogP contribution is 2.35. The summed E-state index contributed by atoms with van der Waals surface area (Å²) in [7, 11) is 0. The van der Waals surface area contributed by atoms with E-state index in [-0.39, 0.29) is 53.2 Å². The monoisotopic (exact) mass is 795 g/mol. The molecule has 308 valence electrons. The molecule has 0 radical (unpaired) electrons. The van der Waals surface area contributed by atoms with Crippen LogP contribution in [0.4, 0.5) is 5.69 Å². The molecule has 0 saturated heterocycles. The first kappa shape index (κ1) is 44.3. The lowest BCUT2D eigenvalue weighted by atomic mass is 10.1. The number of phenols is 4. The Kier molecular flexibility index (Phi) is 18.5. The van der Waals surface area contributed by atoms with Gasteiger partial charge in [0, 0.05) is 18.2 Å². The summed E-state index contributed by atoms with van der Waals surface area (Å²) in [5.74, 6) is -4.00. The van der Waals surface area contributed by atoms with E-state index in [0.29, 0.717) is 12.1 Å². The van der Waals surface area contributed by atoms with Crippen molar-refractivity contribution in [1.29, 1.82) is 0 Å². The van der Waals surface area contributed by atoms with Crippen LogP contribution < -0.4 is 24.3 Å². The van der Waals surface area contributed by atoms with Gasteiger partial charge in [-0.1, -0.05) is 87.6 Å². The van der Waals surface area contributed by atoms with E-state index in [9.17, 15) is 34.8 Å². The number of carbonyl (C=O) groups is 3. The second-order valence-corrected chi connectivity index (χ2v) is 13.5. The van der Waals surface area contributed by atoms with Crippen molar-refractivity contribution in [3.05, 3.63) is 114 Å². The molecule has 0 atom stereocenters. The molecule has 58 heavy (non-hydrogen) atoms. The third kappa shape index (κ3) is 14.6. The molecule has 0 unspecified atom stereocenters. The Labute approximate surface area is 339 Å². The SMILES string of the molecule is CCCCCC=CCC=CCCCCCCCC(=O)Nc1ccc(OC(=O)c2cccc(O)c2O)c(OCCOc2ccccc2OC(=O)c2cccc(O)c2O)c1. The number of nitrogens with one attached hydrogen (secondary N) is 1. The number of esters is 2. The molecule has 12 heteroatoms. The van der Waals surface area contributed by atoms with Crippen molar-refractivity contribution in [2.24, 2.45) is 0 Å². The zero-order valence-corrected chi connectivity index (χ0v) is 32.9. The quantitative estimate of drug-likeness (QED) is 0.0150. The van der Waals surface area contributed by atoms with Crippen molar-refractivity contribution in [3.63, 3.8) is 0 Å². The number of aromatic hydroxyl groups is 4. The van der Waals surface area contributed by atoms with E-state index in [4.69, 9.17) is 18.9 Å². The lowest BCUT2D eigenvalue weighted by Crippen LogP contribution is -2.15. The number of rotatable bonds is 24. The zero-order chi connectivity index (χ0) is 41.5. The van der Waals surface area contributed by atoms with Gasteiger partial charge in [-0.2, -0.15) is 0 Å². The highest BCUT2D eigenvalue weighted by molar-refractivity contribution is 5.96. The molecular formula is C46H53NO11.